The number of phenolic OH excluding ortho intramolecular Hbond substituents is 1. The highest BCUT2D eigenvalue weighted by atomic mass is 127. The molecule has 2 aromatic carbocycles. The van der Waals surface area contributed by atoms with Crippen LogP contribution in [-0.4, -0.2) is 28.3 Å². The van der Waals surface area contributed by atoms with E-state index in [1.807, 2.05) is 47.7 Å². The summed E-state index contributed by atoms with van der Waals surface area (Å²) in [4.78, 5) is 18.5. The minimum absolute atomic E-state index is 0.216. The molecule has 0 radical (unpaired) electrons. The Morgan fingerprint density at radius 1 is 1.22 bits per heavy atom. The summed E-state index contributed by atoms with van der Waals surface area (Å²) in [5.74, 6) is -0.881. The lowest BCUT2D eigenvalue weighted by atomic mass is 10.1. The molecule has 1 aliphatic rings. The van der Waals surface area contributed by atoms with Gasteiger partial charge < -0.3 is 5.11 Å². The van der Waals surface area contributed by atoms with Gasteiger partial charge >= 0.3 is 0 Å². The van der Waals surface area contributed by atoms with Crippen LogP contribution in [0.15, 0.2) is 53.2 Å². The van der Waals surface area contributed by atoms with Gasteiger partial charge in [-0.1, -0.05) is 29.8 Å². The number of carbonyl (C=O) groups is 1. The van der Waals surface area contributed by atoms with Crippen molar-refractivity contribution in [2.24, 2.45) is 4.99 Å². The molecule has 138 valence electrons. The molecule has 4 nitrogen and oxygen atoms in total. The summed E-state index contributed by atoms with van der Waals surface area (Å²) in [6.07, 6.45) is 5.11. The summed E-state index contributed by atoms with van der Waals surface area (Å²) in [5.41, 5.74) is 1.60. The Balaban J connectivity index is 1.92. The number of hydrogen-bond acceptors (Lipinski definition) is 3. The molecule has 0 aromatic heterocycles. The average molecular weight is 497 g/mol. The SMILES string of the molecule is CCN1C(=O)/C(=C/c2cc(F)c(O)c(I)c2)N=C1/C=C/c1ccc(Cl)cc1. The molecule has 0 unspecified atom stereocenters. The summed E-state index contributed by atoms with van der Waals surface area (Å²) in [5, 5.41) is 10.2. The third-order valence-corrected chi connectivity index (χ3v) is 5.00. The minimum atomic E-state index is -0.738. The molecule has 0 aliphatic carbocycles. The third kappa shape index (κ3) is 4.39. The number of aliphatic imine (C=N–C) groups is 1. The molecule has 3 rings (SSSR count). The van der Waals surface area contributed by atoms with Gasteiger partial charge in [-0.05, 0) is 77.1 Å². The van der Waals surface area contributed by atoms with E-state index >= 15 is 0 Å². The van der Waals surface area contributed by atoms with Crippen molar-refractivity contribution in [3.05, 3.63) is 73.7 Å². The van der Waals surface area contributed by atoms with Crippen LogP contribution in [0.4, 0.5) is 4.39 Å². The number of nitrogens with zero attached hydrogens (tertiary/aromatic N) is 2. The average Bonchev–Trinajstić information content (AvgIpc) is 2.94. The molecule has 27 heavy (non-hydrogen) atoms. The second-order valence-corrected chi connectivity index (χ2v) is 7.37. The predicted octanol–water partition coefficient (Wildman–Crippen LogP) is 5.10. The Kier molecular flexibility index (Phi) is 5.96. The number of amidine groups is 1. The summed E-state index contributed by atoms with van der Waals surface area (Å²) in [6.45, 7) is 2.32. The van der Waals surface area contributed by atoms with E-state index in [0.29, 0.717) is 26.5 Å². The highest BCUT2D eigenvalue weighted by molar-refractivity contribution is 14.1. The van der Waals surface area contributed by atoms with Gasteiger partial charge in [-0.3, -0.25) is 9.69 Å². The lowest BCUT2D eigenvalue weighted by Gasteiger charge is -2.12. The minimum Gasteiger partial charge on any atom is -0.504 e. The highest BCUT2D eigenvalue weighted by Gasteiger charge is 2.27. The van der Waals surface area contributed by atoms with E-state index in [-0.39, 0.29) is 11.6 Å². The van der Waals surface area contributed by atoms with Crippen LogP contribution in [0, 0.1) is 9.39 Å². The molecular formula is C20H15ClFIN2O2. The van der Waals surface area contributed by atoms with Gasteiger partial charge in [0.15, 0.2) is 11.6 Å². The number of phenols is 1. The quantitative estimate of drug-likeness (QED) is 0.473. The summed E-state index contributed by atoms with van der Waals surface area (Å²) in [7, 11) is 0. The van der Waals surface area contributed by atoms with Crippen molar-refractivity contribution < 1.29 is 14.3 Å². The monoisotopic (exact) mass is 496 g/mol. The summed E-state index contributed by atoms with van der Waals surface area (Å²) in [6, 6.07) is 10.1. The lowest BCUT2D eigenvalue weighted by Crippen LogP contribution is -2.30. The Morgan fingerprint density at radius 3 is 2.56 bits per heavy atom. The van der Waals surface area contributed by atoms with E-state index in [1.165, 1.54) is 12.1 Å². The van der Waals surface area contributed by atoms with Crippen LogP contribution in [0.5, 0.6) is 5.75 Å². The van der Waals surface area contributed by atoms with Crippen LogP contribution in [0.2, 0.25) is 5.02 Å². The van der Waals surface area contributed by atoms with Crippen LogP contribution < -0.4 is 0 Å². The number of hydrogen-bond donors (Lipinski definition) is 1. The van der Waals surface area contributed by atoms with Crippen LogP contribution in [0.25, 0.3) is 12.2 Å². The first-order valence-corrected chi connectivity index (χ1v) is 9.58. The zero-order valence-electron chi connectivity index (χ0n) is 14.3. The van der Waals surface area contributed by atoms with Gasteiger partial charge in [-0.15, -0.1) is 0 Å². The molecule has 0 saturated carbocycles. The van der Waals surface area contributed by atoms with Gasteiger partial charge in [0.2, 0.25) is 0 Å². The predicted molar refractivity (Wildman–Crippen MR) is 114 cm³/mol. The second kappa shape index (κ2) is 8.22. The molecule has 7 heteroatoms. The fourth-order valence-electron chi connectivity index (χ4n) is 2.57. The topological polar surface area (TPSA) is 52.9 Å². The Bertz CT molecular complexity index is 961. The van der Waals surface area contributed by atoms with E-state index in [0.717, 1.165) is 5.56 Å². The van der Waals surface area contributed by atoms with Crippen LogP contribution >= 0.6 is 34.2 Å². The zero-order valence-corrected chi connectivity index (χ0v) is 17.2. The smallest absolute Gasteiger partial charge is 0.278 e. The van der Waals surface area contributed by atoms with Crippen molar-refractivity contribution in [2.75, 3.05) is 6.54 Å². The molecule has 1 aliphatic heterocycles. The van der Waals surface area contributed by atoms with Crippen molar-refractivity contribution in [3.8, 4) is 5.75 Å². The number of benzene rings is 2. The standard InChI is InChI=1S/C20H15ClFIN2O2/c1-2-25-18(8-5-12-3-6-14(21)7-4-12)24-17(20(25)27)11-13-9-15(22)19(26)16(23)10-13/h3-11,26H,2H2,1H3/b8-5+,17-11-. The number of likely N-dealkylation sites (N-methyl/N-ethyl adjacent to an activating group) is 1. The van der Waals surface area contributed by atoms with Crippen molar-refractivity contribution in [3.63, 3.8) is 0 Å². The van der Waals surface area contributed by atoms with E-state index in [4.69, 9.17) is 11.6 Å². The molecule has 0 fully saturated rings. The van der Waals surface area contributed by atoms with E-state index < -0.39 is 11.6 Å². The van der Waals surface area contributed by atoms with Gasteiger partial charge in [0, 0.05) is 11.6 Å². The molecule has 0 bridgehead atoms. The van der Waals surface area contributed by atoms with Crippen LogP contribution in [-0.2, 0) is 4.79 Å². The van der Waals surface area contributed by atoms with E-state index in [1.54, 1.807) is 29.2 Å². The maximum Gasteiger partial charge on any atom is 0.278 e. The summed E-state index contributed by atoms with van der Waals surface area (Å²) < 4.78 is 14.1. The van der Waals surface area contributed by atoms with Crippen molar-refractivity contribution in [2.45, 2.75) is 6.92 Å². The zero-order chi connectivity index (χ0) is 19.6. The fraction of sp³-hybridized carbons (Fsp3) is 0.100. The number of carbonyl (C=O) groups excluding carboxylic acids is 1. The van der Waals surface area contributed by atoms with Crippen molar-refractivity contribution in [1.82, 2.24) is 4.90 Å². The van der Waals surface area contributed by atoms with Gasteiger partial charge in [0.05, 0.1) is 3.57 Å². The molecule has 2 aromatic rings. The Labute approximate surface area is 174 Å². The maximum absolute atomic E-state index is 13.7. The molecule has 1 amide bonds. The largest absolute Gasteiger partial charge is 0.504 e. The Morgan fingerprint density at radius 2 is 1.93 bits per heavy atom. The molecule has 0 atom stereocenters. The van der Waals surface area contributed by atoms with Gasteiger partial charge in [0.1, 0.15) is 11.5 Å². The van der Waals surface area contributed by atoms with E-state index in [9.17, 15) is 14.3 Å². The van der Waals surface area contributed by atoms with Crippen molar-refractivity contribution in [1.29, 1.82) is 0 Å². The first-order chi connectivity index (χ1) is 12.9. The first-order valence-electron chi connectivity index (χ1n) is 8.13. The first kappa shape index (κ1) is 19.6. The molecule has 1 heterocycles. The second-order valence-electron chi connectivity index (χ2n) is 5.77. The molecule has 0 saturated heterocycles. The number of aromatic hydroxyl groups is 1. The molecular weight excluding hydrogens is 482 g/mol. The van der Waals surface area contributed by atoms with E-state index in [2.05, 4.69) is 4.99 Å². The lowest BCUT2D eigenvalue weighted by molar-refractivity contribution is -0.122. The Hall–Kier alpha value is -2.19. The molecule has 0 spiro atoms. The number of halogens is 3. The van der Waals surface area contributed by atoms with Crippen LogP contribution in [0.3, 0.4) is 0 Å². The number of rotatable bonds is 4. The van der Waals surface area contributed by atoms with Gasteiger partial charge in [0.25, 0.3) is 5.91 Å². The van der Waals surface area contributed by atoms with Gasteiger partial charge in [-0.25, -0.2) is 9.38 Å². The fourth-order valence-corrected chi connectivity index (χ4v) is 3.31. The third-order valence-electron chi connectivity index (χ3n) is 3.93. The van der Waals surface area contributed by atoms with Crippen molar-refractivity contribution >= 4 is 58.1 Å². The maximum atomic E-state index is 13.7. The summed E-state index contributed by atoms with van der Waals surface area (Å²) >= 11 is 7.71. The van der Waals surface area contributed by atoms with Gasteiger partial charge in [-0.2, -0.15) is 0 Å². The number of amides is 1. The molecule has 1 N–H and O–H groups in total. The van der Waals surface area contributed by atoms with Crippen LogP contribution in [0.1, 0.15) is 18.1 Å². The normalized spacial score (nSPS) is 15.9. The highest BCUT2D eigenvalue weighted by Crippen LogP contribution is 2.27.